The van der Waals surface area contributed by atoms with Crippen molar-refractivity contribution in [3.8, 4) is 11.1 Å². The van der Waals surface area contributed by atoms with Gasteiger partial charge in [-0.05, 0) is 23.3 Å². The fourth-order valence-corrected chi connectivity index (χ4v) is 2.77. The van der Waals surface area contributed by atoms with Crippen molar-refractivity contribution in [3.05, 3.63) is 90.8 Å². The Balaban J connectivity index is 1.77. The maximum absolute atomic E-state index is 4.60. The Bertz CT molecular complexity index is 893. The molecule has 0 bridgehead atoms. The standard InChI is InChI=1S/C20H16N2/c1-3-7-16(8-4-1)15-22-12-11-19-20(22)13-18(14-21-19)17-9-5-2-6-10-17/h1-14H,15H2. The highest BCUT2D eigenvalue weighted by Gasteiger charge is 2.05. The molecule has 22 heavy (non-hydrogen) atoms. The fraction of sp³-hybridized carbons (Fsp3) is 0.0500. The summed E-state index contributed by atoms with van der Waals surface area (Å²) in [5, 5.41) is 0. The number of nitrogens with zero attached hydrogens (tertiary/aromatic N) is 2. The van der Waals surface area contributed by atoms with Crippen LogP contribution in [0.15, 0.2) is 85.2 Å². The third kappa shape index (κ3) is 2.40. The molecule has 2 aromatic carbocycles. The van der Waals surface area contributed by atoms with E-state index in [1.54, 1.807) is 0 Å². The van der Waals surface area contributed by atoms with Crippen LogP contribution < -0.4 is 0 Å². The highest BCUT2D eigenvalue weighted by Crippen LogP contribution is 2.23. The van der Waals surface area contributed by atoms with E-state index in [1.807, 2.05) is 18.3 Å². The summed E-state index contributed by atoms with van der Waals surface area (Å²) in [5.74, 6) is 0. The number of fused-ring (bicyclic) bond motifs is 1. The molecular weight excluding hydrogens is 268 g/mol. The summed E-state index contributed by atoms with van der Waals surface area (Å²) < 4.78 is 2.25. The van der Waals surface area contributed by atoms with Crippen molar-refractivity contribution in [2.75, 3.05) is 0 Å². The summed E-state index contributed by atoms with van der Waals surface area (Å²) in [6.07, 6.45) is 4.06. The first kappa shape index (κ1) is 12.8. The van der Waals surface area contributed by atoms with Gasteiger partial charge in [0.05, 0.1) is 11.0 Å². The fourth-order valence-electron chi connectivity index (χ4n) is 2.77. The van der Waals surface area contributed by atoms with Gasteiger partial charge < -0.3 is 4.57 Å². The van der Waals surface area contributed by atoms with E-state index in [0.29, 0.717) is 0 Å². The molecule has 0 saturated carbocycles. The molecule has 0 saturated heterocycles. The van der Waals surface area contributed by atoms with Crippen LogP contribution in [0.4, 0.5) is 0 Å². The second kappa shape index (κ2) is 5.49. The lowest BCUT2D eigenvalue weighted by Crippen LogP contribution is -1.97. The lowest BCUT2D eigenvalue weighted by molar-refractivity contribution is 0.836. The van der Waals surface area contributed by atoms with E-state index >= 15 is 0 Å². The Hall–Kier alpha value is -2.87. The maximum atomic E-state index is 4.60. The molecule has 2 heteroatoms. The van der Waals surface area contributed by atoms with Crippen molar-refractivity contribution in [3.63, 3.8) is 0 Å². The Morgan fingerprint density at radius 2 is 1.50 bits per heavy atom. The van der Waals surface area contributed by atoms with Gasteiger partial charge in [0.25, 0.3) is 0 Å². The predicted octanol–water partition coefficient (Wildman–Crippen LogP) is 4.75. The first-order valence-corrected chi connectivity index (χ1v) is 7.44. The molecule has 0 spiro atoms. The normalized spacial score (nSPS) is 10.9. The number of rotatable bonds is 3. The molecule has 0 amide bonds. The van der Waals surface area contributed by atoms with Crippen LogP contribution in [0.2, 0.25) is 0 Å². The van der Waals surface area contributed by atoms with Crippen LogP contribution in [0, 0.1) is 0 Å². The number of aromatic nitrogens is 2. The summed E-state index contributed by atoms with van der Waals surface area (Å²) in [6.45, 7) is 0.865. The predicted molar refractivity (Wildman–Crippen MR) is 90.7 cm³/mol. The molecule has 2 aromatic heterocycles. The van der Waals surface area contributed by atoms with Gasteiger partial charge in [-0.3, -0.25) is 4.98 Å². The SMILES string of the molecule is c1ccc(Cn2ccc3ncc(-c4ccccc4)cc32)cc1. The smallest absolute Gasteiger partial charge is 0.0881 e. The van der Waals surface area contributed by atoms with Crippen molar-refractivity contribution < 1.29 is 0 Å². The number of pyridine rings is 1. The molecule has 2 heterocycles. The highest BCUT2D eigenvalue weighted by atomic mass is 15.0. The van der Waals surface area contributed by atoms with Gasteiger partial charge in [-0.15, -0.1) is 0 Å². The second-order valence-corrected chi connectivity index (χ2v) is 5.42. The summed E-state index contributed by atoms with van der Waals surface area (Å²) in [7, 11) is 0. The van der Waals surface area contributed by atoms with Gasteiger partial charge in [0.15, 0.2) is 0 Å². The number of benzene rings is 2. The number of hydrogen-bond acceptors (Lipinski definition) is 1. The van der Waals surface area contributed by atoms with Crippen molar-refractivity contribution >= 4 is 11.0 Å². The quantitative estimate of drug-likeness (QED) is 0.531. The van der Waals surface area contributed by atoms with Gasteiger partial charge in [-0.25, -0.2) is 0 Å². The van der Waals surface area contributed by atoms with Gasteiger partial charge in [0, 0.05) is 24.5 Å². The van der Waals surface area contributed by atoms with Gasteiger partial charge in [0.2, 0.25) is 0 Å². The molecule has 0 fully saturated rings. The summed E-state index contributed by atoms with van der Waals surface area (Å²) in [4.78, 5) is 4.60. The van der Waals surface area contributed by atoms with Gasteiger partial charge in [-0.1, -0.05) is 60.7 Å². The molecule has 4 rings (SSSR count). The van der Waals surface area contributed by atoms with E-state index in [4.69, 9.17) is 0 Å². The molecule has 2 nitrogen and oxygen atoms in total. The third-order valence-corrected chi connectivity index (χ3v) is 3.92. The summed E-state index contributed by atoms with van der Waals surface area (Å²) in [5.41, 5.74) is 5.86. The Morgan fingerprint density at radius 1 is 0.773 bits per heavy atom. The molecule has 0 radical (unpaired) electrons. The largest absolute Gasteiger partial charge is 0.342 e. The monoisotopic (exact) mass is 284 g/mol. The van der Waals surface area contributed by atoms with Crippen molar-refractivity contribution in [2.45, 2.75) is 6.54 Å². The first-order valence-electron chi connectivity index (χ1n) is 7.44. The van der Waals surface area contributed by atoms with E-state index in [9.17, 15) is 0 Å². The summed E-state index contributed by atoms with van der Waals surface area (Å²) in [6, 6.07) is 25.2. The Kier molecular flexibility index (Phi) is 3.20. The molecule has 106 valence electrons. The zero-order chi connectivity index (χ0) is 14.8. The van der Waals surface area contributed by atoms with Crippen LogP contribution in [0.5, 0.6) is 0 Å². The lowest BCUT2D eigenvalue weighted by Gasteiger charge is -2.07. The summed E-state index contributed by atoms with van der Waals surface area (Å²) >= 11 is 0. The average Bonchev–Trinajstić information content (AvgIpc) is 2.99. The molecular formula is C20H16N2. The van der Waals surface area contributed by atoms with E-state index < -0.39 is 0 Å². The van der Waals surface area contributed by atoms with Crippen LogP contribution in [-0.2, 0) is 6.54 Å². The molecule has 0 aliphatic rings. The third-order valence-electron chi connectivity index (χ3n) is 3.92. The minimum Gasteiger partial charge on any atom is -0.342 e. The van der Waals surface area contributed by atoms with Crippen LogP contribution in [0.3, 0.4) is 0 Å². The molecule has 0 aliphatic carbocycles. The first-order chi connectivity index (χ1) is 10.9. The zero-order valence-electron chi connectivity index (χ0n) is 12.2. The van der Waals surface area contributed by atoms with E-state index in [1.165, 1.54) is 16.6 Å². The van der Waals surface area contributed by atoms with Crippen molar-refractivity contribution in [1.29, 1.82) is 0 Å². The van der Waals surface area contributed by atoms with Gasteiger partial charge in [0.1, 0.15) is 0 Å². The van der Waals surface area contributed by atoms with Crippen LogP contribution in [0.1, 0.15) is 5.56 Å². The van der Waals surface area contributed by atoms with Gasteiger partial charge >= 0.3 is 0 Å². The zero-order valence-corrected chi connectivity index (χ0v) is 12.2. The molecule has 4 aromatic rings. The minimum absolute atomic E-state index is 0.865. The maximum Gasteiger partial charge on any atom is 0.0881 e. The van der Waals surface area contributed by atoms with Crippen molar-refractivity contribution in [1.82, 2.24) is 9.55 Å². The molecule has 0 unspecified atom stereocenters. The Labute approximate surface area is 129 Å². The Morgan fingerprint density at radius 3 is 2.27 bits per heavy atom. The molecule has 0 atom stereocenters. The second-order valence-electron chi connectivity index (χ2n) is 5.42. The van der Waals surface area contributed by atoms with E-state index in [2.05, 4.69) is 76.4 Å². The highest BCUT2D eigenvalue weighted by molar-refractivity contribution is 5.81. The van der Waals surface area contributed by atoms with E-state index in [-0.39, 0.29) is 0 Å². The lowest BCUT2D eigenvalue weighted by atomic mass is 10.1. The van der Waals surface area contributed by atoms with Crippen LogP contribution in [-0.4, -0.2) is 9.55 Å². The van der Waals surface area contributed by atoms with E-state index in [0.717, 1.165) is 17.6 Å². The minimum atomic E-state index is 0.865. The van der Waals surface area contributed by atoms with Crippen molar-refractivity contribution in [2.24, 2.45) is 0 Å². The number of hydrogen-bond donors (Lipinski definition) is 0. The molecule has 0 aliphatic heterocycles. The average molecular weight is 284 g/mol. The van der Waals surface area contributed by atoms with Crippen LogP contribution >= 0.6 is 0 Å². The topological polar surface area (TPSA) is 17.8 Å². The molecule has 0 N–H and O–H groups in total. The van der Waals surface area contributed by atoms with Gasteiger partial charge in [-0.2, -0.15) is 0 Å². The van der Waals surface area contributed by atoms with Crippen LogP contribution in [0.25, 0.3) is 22.2 Å².